The molecule has 0 amide bonds. The van der Waals surface area contributed by atoms with E-state index in [1.54, 1.807) is 6.92 Å². The highest BCUT2D eigenvalue weighted by Gasteiger charge is 2.19. The molecule has 0 N–H and O–H groups in total. The van der Waals surface area contributed by atoms with Gasteiger partial charge in [0, 0.05) is 12.3 Å². The van der Waals surface area contributed by atoms with Crippen LogP contribution in [0.3, 0.4) is 0 Å². The van der Waals surface area contributed by atoms with Crippen molar-refractivity contribution in [2.24, 2.45) is 0 Å². The second-order valence-electron chi connectivity index (χ2n) is 5.01. The van der Waals surface area contributed by atoms with Gasteiger partial charge in [-0.3, -0.25) is 0 Å². The Balaban J connectivity index is 2.01. The highest BCUT2D eigenvalue weighted by Crippen LogP contribution is 2.29. The van der Waals surface area contributed by atoms with Gasteiger partial charge in [-0.15, -0.1) is 0 Å². The minimum absolute atomic E-state index is 0.131. The molecule has 0 saturated carbocycles. The van der Waals surface area contributed by atoms with Crippen molar-refractivity contribution in [3.8, 4) is 0 Å². The second-order valence-corrected chi connectivity index (χ2v) is 5.01. The zero-order chi connectivity index (χ0) is 14.7. The first-order valence-corrected chi connectivity index (χ1v) is 6.93. The van der Waals surface area contributed by atoms with Gasteiger partial charge < -0.3 is 8.83 Å². The van der Waals surface area contributed by atoms with E-state index in [4.69, 9.17) is 8.83 Å². The summed E-state index contributed by atoms with van der Waals surface area (Å²) < 4.78 is 10.1. The van der Waals surface area contributed by atoms with Crippen LogP contribution < -0.4 is 5.82 Å². The van der Waals surface area contributed by atoms with Crippen LogP contribution >= 0.6 is 0 Å². The monoisotopic (exact) mass is 280 g/mol. The lowest BCUT2D eigenvalue weighted by molar-refractivity contribution is 0.367. The molecular formula is C18H16O3. The van der Waals surface area contributed by atoms with Gasteiger partial charge in [0.25, 0.3) is 0 Å². The quantitative estimate of drug-likeness (QED) is 0.727. The van der Waals surface area contributed by atoms with Crippen LogP contribution in [0.2, 0.25) is 0 Å². The molecule has 3 heteroatoms. The number of aryl methyl sites for hydroxylation is 1. The van der Waals surface area contributed by atoms with E-state index in [-0.39, 0.29) is 5.92 Å². The van der Waals surface area contributed by atoms with Gasteiger partial charge in [-0.25, -0.2) is 4.79 Å². The van der Waals surface area contributed by atoms with E-state index in [1.807, 2.05) is 36.4 Å². The smallest absolute Gasteiger partial charge is 0.396 e. The molecule has 1 heterocycles. The molecular weight excluding hydrogens is 264 g/mol. The van der Waals surface area contributed by atoms with Gasteiger partial charge >= 0.3 is 5.82 Å². The van der Waals surface area contributed by atoms with Gasteiger partial charge in [-0.2, -0.15) is 0 Å². The molecule has 0 aliphatic heterocycles. The van der Waals surface area contributed by atoms with E-state index in [0.717, 1.165) is 0 Å². The summed E-state index contributed by atoms with van der Waals surface area (Å²) in [5, 5.41) is 0. The van der Waals surface area contributed by atoms with Crippen LogP contribution in [0.4, 0.5) is 0 Å². The number of benzene rings is 2. The molecule has 0 unspecified atom stereocenters. The predicted octanol–water partition coefficient (Wildman–Crippen LogP) is 3.92. The molecule has 0 bridgehead atoms. The second kappa shape index (κ2) is 5.83. The zero-order valence-corrected chi connectivity index (χ0v) is 11.8. The summed E-state index contributed by atoms with van der Waals surface area (Å²) in [6.45, 7) is 1.76. The summed E-state index contributed by atoms with van der Waals surface area (Å²) in [5.74, 6) is 0.656. The average Bonchev–Trinajstić information content (AvgIpc) is 2.84. The Bertz CT molecular complexity index is 714. The summed E-state index contributed by atoms with van der Waals surface area (Å²) in [6.07, 6.45) is 0.603. The minimum atomic E-state index is -0.637. The van der Waals surface area contributed by atoms with E-state index in [2.05, 4.69) is 24.3 Å². The maximum atomic E-state index is 11.2. The molecule has 3 rings (SSSR count). The number of hydrogen-bond acceptors (Lipinski definition) is 3. The molecule has 0 saturated heterocycles. The fourth-order valence-electron chi connectivity index (χ4n) is 2.54. The van der Waals surface area contributed by atoms with E-state index in [0.29, 0.717) is 17.9 Å². The SMILES string of the molecule is Cc1oc(=O)oc1CC(c1ccccc1)c1ccccc1. The number of rotatable bonds is 4. The van der Waals surface area contributed by atoms with E-state index in [1.165, 1.54) is 11.1 Å². The fourth-order valence-corrected chi connectivity index (χ4v) is 2.54. The summed E-state index contributed by atoms with van der Waals surface area (Å²) in [5.41, 5.74) is 2.37. The zero-order valence-electron chi connectivity index (χ0n) is 11.8. The van der Waals surface area contributed by atoms with E-state index >= 15 is 0 Å². The van der Waals surface area contributed by atoms with Crippen LogP contribution in [0.15, 0.2) is 74.3 Å². The molecule has 3 nitrogen and oxygen atoms in total. The van der Waals surface area contributed by atoms with Crippen molar-refractivity contribution < 1.29 is 8.83 Å². The first kappa shape index (κ1) is 13.4. The highest BCUT2D eigenvalue weighted by atomic mass is 16.6. The molecule has 3 aromatic rings. The number of hydrogen-bond donors (Lipinski definition) is 0. The Morgan fingerprint density at radius 2 is 1.38 bits per heavy atom. The van der Waals surface area contributed by atoms with Crippen molar-refractivity contribution in [3.63, 3.8) is 0 Å². The Morgan fingerprint density at radius 3 is 1.81 bits per heavy atom. The third-order valence-electron chi connectivity index (χ3n) is 3.63. The van der Waals surface area contributed by atoms with Crippen LogP contribution in [0.1, 0.15) is 28.6 Å². The normalized spacial score (nSPS) is 11.0. The Kier molecular flexibility index (Phi) is 3.73. The largest absolute Gasteiger partial charge is 0.519 e. The molecule has 0 aliphatic rings. The van der Waals surface area contributed by atoms with Gasteiger partial charge in [0.15, 0.2) is 5.76 Å². The first-order chi connectivity index (χ1) is 10.2. The maximum absolute atomic E-state index is 11.2. The molecule has 21 heavy (non-hydrogen) atoms. The lowest BCUT2D eigenvalue weighted by Gasteiger charge is -2.16. The van der Waals surface area contributed by atoms with Gasteiger partial charge in [0.2, 0.25) is 0 Å². The Labute approximate surface area is 122 Å². The van der Waals surface area contributed by atoms with E-state index in [9.17, 15) is 4.79 Å². The van der Waals surface area contributed by atoms with Crippen molar-refractivity contribution in [3.05, 3.63) is 93.9 Å². The molecule has 0 aliphatic carbocycles. The first-order valence-electron chi connectivity index (χ1n) is 6.93. The van der Waals surface area contributed by atoms with Crippen LogP contribution in [-0.4, -0.2) is 0 Å². The molecule has 0 spiro atoms. The van der Waals surface area contributed by atoms with Gasteiger partial charge in [0.1, 0.15) is 5.76 Å². The molecule has 1 aromatic heterocycles. The minimum Gasteiger partial charge on any atom is -0.396 e. The van der Waals surface area contributed by atoms with Gasteiger partial charge in [0.05, 0.1) is 0 Å². The standard InChI is InChI=1S/C18H16O3/c1-13-17(21-18(19)20-13)12-16(14-8-4-2-5-9-14)15-10-6-3-7-11-15/h2-11,16H,12H2,1H3. The Hall–Kier alpha value is -2.55. The lowest BCUT2D eigenvalue weighted by atomic mass is 9.87. The maximum Gasteiger partial charge on any atom is 0.519 e. The Morgan fingerprint density at radius 1 is 0.857 bits per heavy atom. The average molecular weight is 280 g/mol. The van der Waals surface area contributed by atoms with Crippen molar-refractivity contribution in [2.75, 3.05) is 0 Å². The highest BCUT2D eigenvalue weighted by molar-refractivity contribution is 5.33. The molecule has 0 atom stereocenters. The fraction of sp³-hybridized carbons (Fsp3) is 0.167. The molecule has 106 valence electrons. The molecule has 0 fully saturated rings. The van der Waals surface area contributed by atoms with Crippen LogP contribution in [-0.2, 0) is 6.42 Å². The third-order valence-corrected chi connectivity index (χ3v) is 3.63. The van der Waals surface area contributed by atoms with Crippen LogP contribution in [0.5, 0.6) is 0 Å². The van der Waals surface area contributed by atoms with Crippen LogP contribution in [0.25, 0.3) is 0 Å². The summed E-state index contributed by atoms with van der Waals surface area (Å²) in [6, 6.07) is 20.4. The topological polar surface area (TPSA) is 43.4 Å². The lowest BCUT2D eigenvalue weighted by Crippen LogP contribution is -2.05. The van der Waals surface area contributed by atoms with Crippen molar-refractivity contribution in [2.45, 2.75) is 19.3 Å². The predicted molar refractivity (Wildman–Crippen MR) is 80.4 cm³/mol. The van der Waals surface area contributed by atoms with Crippen molar-refractivity contribution in [1.82, 2.24) is 0 Å². The van der Waals surface area contributed by atoms with E-state index < -0.39 is 5.82 Å². The summed E-state index contributed by atoms with van der Waals surface area (Å²) in [4.78, 5) is 11.2. The summed E-state index contributed by atoms with van der Waals surface area (Å²) in [7, 11) is 0. The molecule has 0 radical (unpaired) electrons. The van der Waals surface area contributed by atoms with Crippen molar-refractivity contribution in [1.29, 1.82) is 0 Å². The van der Waals surface area contributed by atoms with Crippen LogP contribution in [0, 0.1) is 6.92 Å². The van der Waals surface area contributed by atoms with Gasteiger partial charge in [-0.1, -0.05) is 60.7 Å². The summed E-state index contributed by atoms with van der Waals surface area (Å²) >= 11 is 0. The third kappa shape index (κ3) is 2.97. The van der Waals surface area contributed by atoms with Gasteiger partial charge in [-0.05, 0) is 18.1 Å². The van der Waals surface area contributed by atoms with Crippen molar-refractivity contribution >= 4 is 0 Å². The molecule has 2 aromatic carbocycles.